The van der Waals surface area contributed by atoms with Crippen LogP contribution in [0.1, 0.15) is 11.1 Å². The van der Waals surface area contributed by atoms with Crippen molar-refractivity contribution in [3.05, 3.63) is 47.8 Å². The Morgan fingerprint density at radius 1 is 1.12 bits per heavy atom. The van der Waals surface area contributed by atoms with Gasteiger partial charge >= 0.3 is 0 Å². The molecule has 3 heteroatoms. The van der Waals surface area contributed by atoms with E-state index in [9.17, 15) is 0 Å². The van der Waals surface area contributed by atoms with Crippen LogP contribution in [0.2, 0.25) is 0 Å². The summed E-state index contributed by atoms with van der Waals surface area (Å²) in [6, 6.07) is 8.15. The number of hydrogen-bond acceptors (Lipinski definition) is 3. The highest BCUT2D eigenvalue weighted by Gasteiger charge is 1.99. The lowest BCUT2D eigenvalue weighted by Crippen LogP contribution is -1.95. The van der Waals surface area contributed by atoms with Gasteiger partial charge in [-0.25, -0.2) is 0 Å². The highest BCUT2D eigenvalue weighted by molar-refractivity contribution is 5.65. The number of nitrogens with two attached hydrogens (primary N) is 1. The third-order valence-corrected chi connectivity index (χ3v) is 2.42. The lowest BCUT2D eigenvalue weighted by molar-refractivity contribution is 1.31. The first-order chi connectivity index (χ1) is 7.65. The van der Waals surface area contributed by atoms with Gasteiger partial charge in [-0.2, -0.15) is 0 Å². The number of anilines is 3. The molecule has 0 atom stereocenters. The maximum Gasteiger partial charge on any atom is 0.0591 e. The quantitative estimate of drug-likeness (QED) is 0.806. The van der Waals surface area contributed by atoms with Crippen molar-refractivity contribution < 1.29 is 0 Å². The Morgan fingerprint density at radius 3 is 2.62 bits per heavy atom. The number of aryl methyl sites for hydroxylation is 2. The molecular formula is C13H15N3. The first-order valence-corrected chi connectivity index (χ1v) is 5.20. The minimum atomic E-state index is 0.662. The summed E-state index contributed by atoms with van der Waals surface area (Å²) in [6.45, 7) is 4.16. The third-order valence-electron chi connectivity index (χ3n) is 2.42. The van der Waals surface area contributed by atoms with E-state index in [1.54, 1.807) is 12.4 Å². The summed E-state index contributed by atoms with van der Waals surface area (Å²) < 4.78 is 0. The standard InChI is InChI=1S/C13H15N3/c1-9-3-4-13(10(2)5-9)16-12-6-11(14)7-15-8-12/h3-8,16H,14H2,1-2H3. The van der Waals surface area contributed by atoms with Crippen molar-refractivity contribution in [1.82, 2.24) is 4.98 Å². The lowest BCUT2D eigenvalue weighted by Gasteiger charge is -2.10. The molecule has 0 spiro atoms. The van der Waals surface area contributed by atoms with Gasteiger partial charge in [0, 0.05) is 11.9 Å². The minimum absolute atomic E-state index is 0.662. The Bertz CT molecular complexity index is 506. The van der Waals surface area contributed by atoms with Gasteiger partial charge in [0.1, 0.15) is 0 Å². The maximum atomic E-state index is 5.67. The minimum Gasteiger partial charge on any atom is -0.397 e. The molecule has 1 aromatic heterocycles. The SMILES string of the molecule is Cc1ccc(Nc2cncc(N)c2)c(C)c1. The van der Waals surface area contributed by atoms with Crippen molar-refractivity contribution in [3.63, 3.8) is 0 Å². The molecule has 0 radical (unpaired) electrons. The number of aromatic nitrogens is 1. The molecule has 0 aliphatic rings. The monoisotopic (exact) mass is 213 g/mol. The van der Waals surface area contributed by atoms with Crippen LogP contribution in [0.3, 0.4) is 0 Å². The average molecular weight is 213 g/mol. The fourth-order valence-electron chi connectivity index (χ4n) is 1.64. The summed E-state index contributed by atoms with van der Waals surface area (Å²) in [5, 5.41) is 3.30. The van der Waals surface area contributed by atoms with Crippen molar-refractivity contribution in [3.8, 4) is 0 Å². The molecule has 82 valence electrons. The Morgan fingerprint density at radius 2 is 1.94 bits per heavy atom. The number of nitrogens with zero attached hydrogens (tertiary/aromatic N) is 1. The molecule has 1 aromatic carbocycles. The molecule has 0 aliphatic heterocycles. The van der Waals surface area contributed by atoms with Crippen LogP contribution in [-0.4, -0.2) is 4.98 Å². The third kappa shape index (κ3) is 2.31. The Hall–Kier alpha value is -2.03. The van der Waals surface area contributed by atoms with Crippen LogP contribution in [0.5, 0.6) is 0 Å². The van der Waals surface area contributed by atoms with Crippen LogP contribution >= 0.6 is 0 Å². The van der Waals surface area contributed by atoms with E-state index in [2.05, 4.69) is 42.3 Å². The average Bonchev–Trinajstić information content (AvgIpc) is 2.22. The molecule has 0 aliphatic carbocycles. The number of nitrogen functional groups attached to an aromatic ring is 1. The molecule has 0 amide bonds. The van der Waals surface area contributed by atoms with Gasteiger partial charge in [-0.05, 0) is 31.5 Å². The largest absolute Gasteiger partial charge is 0.397 e. The second-order valence-electron chi connectivity index (χ2n) is 3.95. The normalized spacial score (nSPS) is 10.1. The molecule has 3 N–H and O–H groups in total. The molecule has 2 rings (SSSR count). The van der Waals surface area contributed by atoms with Gasteiger partial charge in [-0.1, -0.05) is 17.7 Å². The van der Waals surface area contributed by atoms with Crippen molar-refractivity contribution in [2.75, 3.05) is 11.1 Å². The van der Waals surface area contributed by atoms with E-state index in [0.29, 0.717) is 5.69 Å². The van der Waals surface area contributed by atoms with Gasteiger partial charge < -0.3 is 11.1 Å². The molecule has 0 saturated heterocycles. The molecule has 0 bridgehead atoms. The first kappa shape index (κ1) is 10.5. The van der Waals surface area contributed by atoms with Gasteiger partial charge in [0.05, 0.1) is 17.6 Å². The molecular weight excluding hydrogens is 198 g/mol. The van der Waals surface area contributed by atoms with E-state index in [1.807, 2.05) is 6.07 Å². The molecule has 2 aromatic rings. The number of nitrogens with one attached hydrogen (secondary N) is 1. The van der Waals surface area contributed by atoms with E-state index in [0.717, 1.165) is 11.4 Å². The maximum absolute atomic E-state index is 5.67. The molecule has 16 heavy (non-hydrogen) atoms. The Balaban J connectivity index is 2.27. The zero-order valence-corrected chi connectivity index (χ0v) is 9.49. The van der Waals surface area contributed by atoms with Gasteiger partial charge in [-0.15, -0.1) is 0 Å². The van der Waals surface area contributed by atoms with E-state index >= 15 is 0 Å². The van der Waals surface area contributed by atoms with Crippen LogP contribution in [0.4, 0.5) is 17.1 Å². The smallest absolute Gasteiger partial charge is 0.0591 e. The Kier molecular flexibility index (Phi) is 2.77. The summed E-state index contributed by atoms with van der Waals surface area (Å²) >= 11 is 0. The molecule has 0 fully saturated rings. The Labute approximate surface area is 95.3 Å². The van der Waals surface area contributed by atoms with Crippen molar-refractivity contribution in [2.45, 2.75) is 13.8 Å². The highest BCUT2D eigenvalue weighted by Crippen LogP contribution is 2.21. The topological polar surface area (TPSA) is 50.9 Å². The van der Waals surface area contributed by atoms with Gasteiger partial charge in [0.25, 0.3) is 0 Å². The van der Waals surface area contributed by atoms with Crippen LogP contribution in [0, 0.1) is 13.8 Å². The predicted molar refractivity (Wildman–Crippen MR) is 67.8 cm³/mol. The van der Waals surface area contributed by atoms with E-state index < -0.39 is 0 Å². The van der Waals surface area contributed by atoms with Crippen molar-refractivity contribution >= 4 is 17.1 Å². The van der Waals surface area contributed by atoms with Crippen LogP contribution in [-0.2, 0) is 0 Å². The van der Waals surface area contributed by atoms with Crippen LogP contribution < -0.4 is 11.1 Å². The number of rotatable bonds is 2. The van der Waals surface area contributed by atoms with Crippen molar-refractivity contribution in [1.29, 1.82) is 0 Å². The predicted octanol–water partition coefficient (Wildman–Crippen LogP) is 3.02. The molecule has 3 nitrogen and oxygen atoms in total. The zero-order chi connectivity index (χ0) is 11.5. The number of pyridine rings is 1. The van der Waals surface area contributed by atoms with Crippen LogP contribution in [0.15, 0.2) is 36.7 Å². The fourth-order valence-corrected chi connectivity index (χ4v) is 1.64. The summed E-state index contributed by atoms with van der Waals surface area (Å²) in [7, 11) is 0. The molecule has 0 saturated carbocycles. The number of benzene rings is 1. The number of hydrogen-bond donors (Lipinski definition) is 2. The van der Waals surface area contributed by atoms with E-state index in [1.165, 1.54) is 11.1 Å². The highest BCUT2D eigenvalue weighted by atomic mass is 14.9. The second-order valence-corrected chi connectivity index (χ2v) is 3.95. The second kappa shape index (κ2) is 4.23. The van der Waals surface area contributed by atoms with E-state index in [-0.39, 0.29) is 0 Å². The van der Waals surface area contributed by atoms with E-state index in [4.69, 9.17) is 5.73 Å². The summed E-state index contributed by atoms with van der Waals surface area (Å²) in [4.78, 5) is 4.04. The zero-order valence-electron chi connectivity index (χ0n) is 9.49. The summed E-state index contributed by atoms with van der Waals surface area (Å²) in [5.74, 6) is 0. The molecule has 1 heterocycles. The van der Waals surface area contributed by atoms with Gasteiger partial charge in [0.2, 0.25) is 0 Å². The van der Waals surface area contributed by atoms with Crippen LogP contribution in [0.25, 0.3) is 0 Å². The van der Waals surface area contributed by atoms with Crippen molar-refractivity contribution in [2.24, 2.45) is 0 Å². The molecule has 0 unspecified atom stereocenters. The first-order valence-electron chi connectivity index (χ1n) is 5.20. The van der Waals surface area contributed by atoms with Gasteiger partial charge in [0.15, 0.2) is 0 Å². The summed E-state index contributed by atoms with van der Waals surface area (Å²) in [5.41, 5.74) is 10.8. The summed E-state index contributed by atoms with van der Waals surface area (Å²) in [6.07, 6.45) is 3.39. The lowest BCUT2D eigenvalue weighted by atomic mass is 10.1. The van der Waals surface area contributed by atoms with Gasteiger partial charge in [-0.3, -0.25) is 4.98 Å². The fraction of sp³-hybridized carbons (Fsp3) is 0.154.